The zero-order chi connectivity index (χ0) is 15.1. The fraction of sp³-hybridized carbons (Fsp3) is 0.500. The number of hydrogen-bond acceptors (Lipinski definition) is 3. The van der Waals surface area contributed by atoms with E-state index in [0.717, 1.165) is 6.54 Å². The minimum absolute atomic E-state index is 0.0891. The minimum Gasteiger partial charge on any atom is -0.361 e. The molecular weight excluding hydrogens is 264 g/mol. The molecule has 0 aromatic heterocycles. The Morgan fingerprint density at radius 2 is 1.80 bits per heavy atom. The number of nitrogens with zero attached hydrogens (tertiary/aromatic N) is 1. The molecule has 0 aliphatic carbocycles. The molecule has 0 fully saturated rings. The number of halogens is 2. The van der Waals surface area contributed by atoms with E-state index in [0.29, 0.717) is 18.7 Å². The molecule has 2 N–H and O–H groups in total. The maximum atomic E-state index is 14.0. The number of likely N-dealkylation sites (N-methyl/N-ethyl adjacent to an activating group) is 2. The van der Waals surface area contributed by atoms with Crippen molar-refractivity contribution in [1.82, 2.24) is 10.6 Å². The molecule has 6 heteroatoms. The highest BCUT2D eigenvalue weighted by atomic mass is 19.1. The molecule has 1 rings (SSSR count). The third-order valence-electron chi connectivity index (χ3n) is 2.79. The Labute approximate surface area is 118 Å². The molecule has 0 radical (unpaired) electrons. The molecule has 0 atom stereocenters. The number of nitrogens with one attached hydrogen (secondary N) is 2. The highest BCUT2D eigenvalue weighted by molar-refractivity contribution is 5.81. The first-order valence-corrected chi connectivity index (χ1v) is 6.66. The van der Waals surface area contributed by atoms with E-state index in [1.807, 2.05) is 6.92 Å². The van der Waals surface area contributed by atoms with E-state index in [1.165, 1.54) is 24.1 Å². The number of amides is 1. The highest BCUT2D eigenvalue weighted by Gasteiger charge is 2.17. The van der Waals surface area contributed by atoms with E-state index >= 15 is 0 Å². The van der Waals surface area contributed by atoms with Gasteiger partial charge in [-0.2, -0.15) is 0 Å². The number of benzene rings is 1. The molecule has 20 heavy (non-hydrogen) atoms. The van der Waals surface area contributed by atoms with Gasteiger partial charge in [-0.05, 0) is 31.2 Å². The highest BCUT2D eigenvalue weighted by Crippen LogP contribution is 2.24. The summed E-state index contributed by atoms with van der Waals surface area (Å²) in [6.45, 7) is 5.23. The second-order valence-electron chi connectivity index (χ2n) is 4.50. The lowest BCUT2D eigenvalue weighted by Gasteiger charge is -2.20. The predicted octanol–water partition coefficient (Wildman–Crippen LogP) is 1.65. The molecule has 1 amide bonds. The Hall–Kier alpha value is -1.69. The fourth-order valence-corrected chi connectivity index (χ4v) is 1.90. The lowest BCUT2D eigenvalue weighted by molar-refractivity contribution is -0.119. The van der Waals surface area contributed by atoms with Gasteiger partial charge in [-0.1, -0.05) is 6.92 Å². The lowest BCUT2D eigenvalue weighted by Crippen LogP contribution is -2.35. The van der Waals surface area contributed by atoms with Gasteiger partial charge in [0.1, 0.15) is 17.3 Å². The van der Waals surface area contributed by atoms with E-state index in [-0.39, 0.29) is 18.1 Å². The van der Waals surface area contributed by atoms with Crippen molar-refractivity contribution in [2.45, 2.75) is 20.4 Å². The van der Waals surface area contributed by atoms with Gasteiger partial charge < -0.3 is 15.5 Å². The molecule has 0 unspecified atom stereocenters. The normalized spacial score (nSPS) is 10.4. The van der Waals surface area contributed by atoms with E-state index in [4.69, 9.17) is 0 Å². The van der Waals surface area contributed by atoms with Crippen molar-refractivity contribution in [3.63, 3.8) is 0 Å². The third kappa shape index (κ3) is 4.45. The molecule has 0 spiro atoms. The lowest BCUT2D eigenvalue weighted by atomic mass is 10.1. The van der Waals surface area contributed by atoms with E-state index in [2.05, 4.69) is 10.6 Å². The van der Waals surface area contributed by atoms with Gasteiger partial charge in [0.2, 0.25) is 5.91 Å². The van der Waals surface area contributed by atoms with Gasteiger partial charge in [0, 0.05) is 20.1 Å². The van der Waals surface area contributed by atoms with Crippen LogP contribution >= 0.6 is 0 Å². The molecular formula is C14H21F2N3O. The maximum absolute atomic E-state index is 14.0. The SMILES string of the molecule is CCNCc1cc(F)c(N(C)CC(=O)NCC)c(F)c1. The first-order chi connectivity index (χ1) is 9.49. The van der Waals surface area contributed by atoms with Crippen LogP contribution in [0.2, 0.25) is 0 Å². The smallest absolute Gasteiger partial charge is 0.239 e. The van der Waals surface area contributed by atoms with Crippen LogP contribution in [-0.2, 0) is 11.3 Å². The molecule has 1 aromatic rings. The average Bonchev–Trinajstić information content (AvgIpc) is 2.35. The zero-order valence-corrected chi connectivity index (χ0v) is 12.1. The van der Waals surface area contributed by atoms with Crippen LogP contribution < -0.4 is 15.5 Å². The van der Waals surface area contributed by atoms with Crippen LogP contribution in [0.3, 0.4) is 0 Å². The van der Waals surface area contributed by atoms with Gasteiger partial charge in [0.15, 0.2) is 0 Å². The molecule has 0 aliphatic heterocycles. The van der Waals surface area contributed by atoms with Crippen molar-refractivity contribution in [1.29, 1.82) is 0 Å². The number of anilines is 1. The Morgan fingerprint density at radius 3 is 2.30 bits per heavy atom. The van der Waals surface area contributed by atoms with Gasteiger partial charge in [-0.3, -0.25) is 4.79 Å². The maximum Gasteiger partial charge on any atom is 0.239 e. The molecule has 0 bridgehead atoms. The van der Waals surface area contributed by atoms with Gasteiger partial charge in [0.25, 0.3) is 0 Å². The van der Waals surface area contributed by atoms with Gasteiger partial charge in [-0.25, -0.2) is 8.78 Å². The quantitative estimate of drug-likeness (QED) is 0.800. The summed E-state index contributed by atoms with van der Waals surface area (Å²) in [5.41, 5.74) is 0.355. The van der Waals surface area contributed by atoms with Crippen molar-refractivity contribution < 1.29 is 13.6 Å². The van der Waals surface area contributed by atoms with Crippen LogP contribution in [-0.4, -0.2) is 32.6 Å². The van der Waals surface area contributed by atoms with E-state index in [1.54, 1.807) is 6.92 Å². The van der Waals surface area contributed by atoms with Gasteiger partial charge in [0.05, 0.1) is 6.54 Å². The summed E-state index contributed by atoms with van der Waals surface area (Å²) >= 11 is 0. The number of rotatable bonds is 7. The molecule has 4 nitrogen and oxygen atoms in total. The van der Waals surface area contributed by atoms with Crippen molar-refractivity contribution in [2.24, 2.45) is 0 Å². The molecule has 1 aromatic carbocycles. The second kappa shape index (κ2) is 7.79. The standard InChI is InChI=1S/C14H21F2N3O/c1-4-17-8-10-6-11(15)14(12(16)7-10)19(3)9-13(20)18-5-2/h6-7,17H,4-5,8-9H2,1-3H3,(H,18,20). The van der Waals surface area contributed by atoms with E-state index < -0.39 is 11.6 Å². The molecule has 112 valence electrons. The molecule has 0 saturated carbocycles. The second-order valence-corrected chi connectivity index (χ2v) is 4.50. The van der Waals surface area contributed by atoms with Gasteiger partial charge >= 0.3 is 0 Å². The van der Waals surface area contributed by atoms with Crippen molar-refractivity contribution >= 4 is 11.6 Å². The first kappa shape index (κ1) is 16.4. The average molecular weight is 285 g/mol. The largest absolute Gasteiger partial charge is 0.361 e. The van der Waals surface area contributed by atoms with Crippen LogP contribution in [0.1, 0.15) is 19.4 Å². The Balaban J connectivity index is 2.86. The number of carbonyl (C=O) groups is 1. The van der Waals surface area contributed by atoms with Crippen LogP contribution in [0.4, 0.5) is 14.5 Å². The van der Waals surface area contributed by atoms with Crippen molar-refractivity contribution in [3.05, 3.63) is 29.3 Å². The van der Waals surface area contributed by atoms with Crippen LogP contribution in [0.15, 0.2) is 12.1 Å². The fourth-order valence-electron chi connectivity index (χ4n) is 1.90. The third-order valence-corrected chi connectivity index (χ3v) is 2.79. The Kier molecular flexibility index (Phi) is 6.38. The number of hydrogen-bond donors (Lipinski definition) is 2. The van der Waals surface area contributed by atoms with Crippen molar-refractivity contribution in [2.75, 3.05) is 31.6 Å². The summed E-state index contributed by atoms with van der Waals surface area (Å²) in [5, 5.41) is 5.59. The van der Waals surface area contributed by atoms with Crippen LogP contribution in [0, 0.1) is 11.6 Å². The first-order valence-electron chi connectivity index (χ1n) is 6.66. The summed E-state index contributed by atoms with van der Waals surface area (Å²) in [6.07, 6.45) is 0. The molecule has 0 heterocycles. The summed E-state index contributed by atoms with van der Waals surface area (Å²) in [7, 11) is 1.49. The topological polar surface area (TPSA) is 44.4 Å². The predicted molar refractivity (Wildman–Crippen MR) is 75.7 cm³/mol. The molecule has 0 aliphatic rings. The summed E-state index contributed by atoms with van der Waals surface area (Å²) in [4.78, 5) is 12.7. The van der Waals surface area contributed by atoms with E-state index in [9.17, 15) is 13.6 Å². The zero-order valence-electron chi connectivity index (χ0n) is 12.1. The van der Waals surface area contributed by atoms with Crippen LogP contribution in [0.5, 0.6) is 0 Å². The number of carbonyl (C=O) groups excluding carboxylic acids is 1. The molecule has 0 saturated heterocycles. The Morgan fingerprint density at radius 1 is 1.20 bits per heavy atom. The monoisotopic (exact) mass is 285 g/mol. The van der Waals surface area contributed by atoms with Gasteiger partial charge in [-0.15, -0.1) is 0 Å². The minimum atomic E-state index is -0.662. The summed E-state index contributed by atoms with van der Waals surface area (Å²) in [5.74, 6) is -1.60. The Bertz CT molecular complexity index is 443. The van der Waals surface area contributed by atoms with Crippen LogP contribution in [0.25, 0.3) is 0 Å². The van der Waals surface area contributed by atoms with Crippen molar-refractivity contribution in [3.8, 4) is 0 Å². The summed E-state index contributed by atoms with van der Waals surface area (Å²) < 4.78 is 28.0. The summed E-state index contributed by atoms with van der Waals surface area (Å²) in [6, 6.07) is 2.57.